The Hall–Kier alpha value is -0.690. The highest BCUT2D eigenvalue weighted by Gasteiger charge is 2.33. The van der Waals surface area contributed by atoms with Gasteiger partial charge in [0, 0.05) is 19.1 Å². The number of hydrazine groups is 1. The number of nitrogens with zero attached hydrogens (tertiary/aromatic N) is 2. The maximum absolute atomic E-state index is 11.5. The molecule has 0 aliphatic carbocycles. The summed E-state index contributed by atoms with van der Waals surface area (Å²) in [7, 11) is 0. The molecule has 3 unspecified atom stereocenters. The molecule has 0 aromatic heterocycles. The normalized spacial score (nSPS) is 35.8. The molecule has 3 N–H and O–H groups in total. The van der Waals surface area contributed by atoms with Crippen molar-refractivity contribution in [1.29, 1.82) is 0 Å². The van der Waals surface area contributed by atoms with Crippen LogP contribution in [0.1, 0.15) is 32.1 Å². The van der Waals surface area contributed by atoms with E-state index >= 15 is 0 Å². The molecule has 20 heavy (non-hydrogen) atoms. The Labute approximate surface area is 120 Å². The fourth-order valence-corrected chi connectivity index (χ4v) is 3.86. The van der Waals surface area contributed by atoms with Crippen LogP contribution in [-0.4, -0.2) is 66.7 Å². The topological polar surface area (TPSA) is 70.8 Å². The average molecular weight is 282 g/mol. The lowest BCUT2D eigenvalue weighted by Gasteiger charge is -2.27. The molecule has 0 radical (unpaired) electrons. The van der Waals surface area contributed by atoms with Crippen molar-refractivity contribution in [2.75, 3.05) is 32.7 Å². The van der Waals surface area contributed by atoms with Crippen LogP contribution in [0.25, 0.3) is 0 Å². The monoisotopic (exact) mass is 282 g/mol. The minimum atomic E-state index is -0.347. The van der Waals surface area contributed by atoms with Gasteiger partial charge in [-0.2, -0.15) is 0 Å². The highest BCUT2D eigenvalue weighted by molar-refractivity contribution is 5.80. The third kappa shape index (κ3) is 3.14. The van der Waals surface area contributed by atoms with Crippen LogP contribution in [-0.2, 0) is 9.53 Å². The van der Waals surface area contributed by atoms with Crippen molar-refractivity contribution < 1.29 is 9.53 Å². The molecule has 0 bridgehead atoms. The molecule has 0 aromatic carbocycles. The Kier molecular flexibility index (Phi) is 4.55. The van der Waals surface area contributed by atoms with Gasteiger partial charge in [0.2, 0.25) is 0 Å². The molecule has 3 atom stereocenters. The van der Waals surface area contributed by atoms with E-state index in [0.717, 1.165) is 38.5 Å². The number of carbonyl (C=O) groups is 1. The minimum Gasteiger partial charge on any atom is -0.364 e. The highest BCUT2D eigenvalue weighted by Crippen LogP contribution is 2.24. The van der Waals surface area contributed by atoms with Gasteiger partial charge < -0.3 is 4.74 Å². The summed E-state index contributed by atoms with van der Waals surface area (Å²) in [6, 6.07) is 0.738. The number of carbonyl (C=O) groups excluding carboxylic acids is 1. The lowest BCUT2D eigenvalue weighted by atomic mass is 10.1. The fraction of sp³-hybridized carbons (Fsp3) is 0.929. The summed E-state index contributed by atoms with van der Waals surface area (Å²) in [5.74, 6) is 4.98. The summed E-state index contributed by atoms with van der Waals surface area (Å²) >= 11 is 0. The van der Waals surface area contributed by atoms with E-state index in [9.17, 15) is 4.79 Å². The Morgan fingerprint density at radius 3 is 2.90 bits per heavy atom. The Morgan fingerprint density at radius 1 is 1.20 bits per heavy atom. The number of nitrogens with two attached hydrogens (primary N) is 1. The average Bonchev–Trinajstić information content (AvgIpc) is 3.04. The maximum Gasteiger partial charge on any atom is 0.263 e. The molecule has 3 rings (SSSR count). The van der Waals surface area contributed by atoms with E-state index < -0.39 is 0 Å². The van der Waals surface area contributed by atoms with Gasteiger partial charge >= 0.3 is 0 Å². The van der Waals surface area contributed by atoms with E-state index in [1.165, 1.54) is 32.4 Å². The van der Waals surface area contributed by atoms with Gasteiger partial charge in [0.05, 0.1) is 6.10 Å². The zero-order valence-electron chi connectivity index (χ0n) is 12.1. The van der Waals surface area contributed by atoms with Crippen LogP contribution in [0.5, 0.6) is 0 Å². The molecule has 3 heterocycles. The van der Waals surface area contributed by atoms with Crippen molar-refractivity contribution in [3.05, 3.63) is 0 Å². The molecule has 6 heteroatoms. The second-order valence-corrected chi connectivity index (χ2v) is 6.28. The van der Waals surface area contributed by atoms with Gasteiger partial charge in [-0.3, -0.25) is 20.0 Å². The van der Waals surface area contributed by atoms with Crippen LogP contribution in [0.2, 0.25) is 0 Å². The van der Waals surface area contributed by atoms with E-state index in [0.29, 0.717) is 0 Å². The first-order valence-corrected chi connectivity index (χ1v) is 7.88. The zero-order chi connectivity index (χ0) is 13.9. The van der Waals surface area contributed by atoms with Crippen LogP contribution in [0, 0.1) is 0 Å². The lowest BCUT2D eigenvalue weighted by Crippen LogP contribution is -2.41. The lowest BCUT2D eigenvalue weighted by molar-refractivity contribution is -0.132. The van der Waals surface area contributed by atoms with Crippen molar-refractivity contribution in [1.82, 2.24) is 15.2 Å². The standard InChI is InChI=1S/C14H26N4O2/c15-16-14(19)13-5-4-12(20-13)10-17-6-2-8-18-7-1-3-11(18)9-17/h11-13H,1-10,15H2,(H,16,19). The predicted octanol–water partition coefficient (Wildman–Crippen LogP) is -0.306. The summed E-state index contributed by atoms with van der Waals surface area (Å²) in [5, 5.41) is 0. The molecule has 0 aromatic rings. The van der Waals surface area contributed by atoms with E-state index in [-0.39, 0.29) is 18.1 Å². The summed E-state index contributed by atoms with van der Waals surface area (Å²) in [4.78, 5) is 16.6. The SMILES string of the molecule is NNC(=O)C1CCC(CN2CCCN3CCCC3C2)O1. The molecule has 114 valence electrons. The van der Waals surface area contributed by atoms with Crippen LogP contribution < -0.4 is 11.3 Å². The quantitative estimate of drug-likeness (QED) is 0.422. The van der Waals surface area contributed by atoms with Crippen molar-refractivity contribution >= 4 is 5.91 Å². The minimum absolute atomic E-state index is 0.185. The van der Waals surface area contributed by atoms with Crippen molar-refractivity contribution in [2.24, 2.45) is 5.84 Å². The number of rotatable bonds is 3. The smallest absolute Gasteiger partial charge is 0.263 e. The maximum atomic E-state index is 11.5. The van der Waals surface area contributed by atoms with E-state index in [1.54, 1.807) is 0 Å². The summed E-state index contributed by atoms with van der Waals surface area (Å²) in [6.45, 7) is 5.79. The predicted molar refractivity (Wildman–Crippen MR) is 75.9 cm³/mol. The Balaban J connectivity index is 1.49. The van der Waals surface area contributed by atoms with Crippen LogP contribution in [0.3, 0.4) is 0 Å². The first-order valence-electron chi connectivity index (χ1n) is 7.88. The summed E-state index contributed by atoms with van der Waals surface area (Å²) in [5.41, 5.74) is 2.19. The van der Waals surface area contributed by atoms with E-state index in [1.807, 2.05) is 0 Å². The van der Waals surface area contributed by atoms with Gasteiger partial charge in [-0.05, 0) is 51.7 Å². The van der Waals surface area contributed by atoms with Gasteiger partial charge in [-0.25, -0.2) is 5.84 Å². The number of ether oxygens (including phenoxy) is 1. The number of hydrogen-bond acceptors (Lipinski definition) is 5. The Morgan fingerprint density at radius 2 is 2.05 bits per heavy atom. The second-order valence-electron chi connectivity index (χ2n) is 6.28. The molecule has 3 aliphatic rings. The summed E-state index contributed by atoms with van der Waals surface area (Å²) in [6.07, 6.45) is 5.51. The second kappa shape index (κ2) is 6.39. The van der Waals surface area contributed by atoms with Crippen molar-refractivity contribution in [2.45, 2.75) is 50.4 Å². The Bertz CT molecular complexity index is 352. The molecule has 3 saturated heterocycles. The van der Waals surface area contributed by atoms with E-state index in [4.69, 9.17) is 10.6 Å². The van der Waals surface area contributed by atoms with Crippen LogP contribution in [0.4, 0.5) is 0 Å². The van der Waals surface area contributed by atoms with Gasteiger partial charge in [-0.1, -0.05) is 0 Å². The molecular weight excluding hydrogens is 256 g/mol. The zero-order valence-corrected chi connectivity index (χ0v) is 12.1. The molecule has 0 saturated carbocycles. The third-order valence-corrected chi connectivity index (χ3v) is 4.89. The third-order valence-electron chi connectivity index (χ3n) is 4.89. The van der Waals surface area contributed by atoms with Gasteiger partial charge in [0.1, 0.15) is 6.10 Å². The number of hydrogen-bond donors (Lipinski definition) is 2. The molecule has 3 fully saturated rings. The largest absolute Gasteiger partial charge is 0.364 e. The van der Waals surface area contributed by atoms with Crippen molar-refractivity contribution in [3.8, 4) is 0 Å². The number of nitrogens with one attached hydrogen (secondary N) is 1. The number of fused-ring (bicyclic) bond motifs is 1. The molecule has 3 aliphatic heterocycles. The van der Waals surface area contributed by atoms with Gasteiger partial charge in [-0.15, -0.1) is 0 Å². The number of amides is 1. The van der Waals surface area contributed by atoms with Crippen molar-refractivity contribution in [3.63, 3.8) is 0 Å². The van der Waals surface area contributed by atoms with Gasteiger partial charge in [0.15, 0.2) is 0 Å². The summed E-state index contributed by atoms with van der Waals surface area (Å²) < 4.78 is 5.82. The van der Waals surface area contributed by atoms with Crippen LogP contribution >= 0.6 is 0 Å². The highest BCUT2D eigenvalue weighted by atomic mass is 16.5. The first-order chi connectivity index (χ1) is 9.76. The fourth-order valence-electron chi connectivity index (χ4n) is 3.86. The van der Waals surface area contributed by atoms with Crippen LogP contribution in [0.15, 0.2) is 0 Å². The molecule has 0 spiro atoms. The molecular formula is C14H26N4O2. The van der Waals surface area contributed by atoms with Gasteiger partial charge in [0.25, 0.3) is 5.91 Å². The first kappa shape index (κ1) is 14.3. The molecule has 1 amide bonds. The molecule has 6 nitrogen and oxygen atoms in total. The van der Waals surface area contributed by atoms with E-state index in [2.05, 4.69) is 15.2 Å².